The summed E-state index contributed by atoms with van der Waals surface area (Å²) in [5.74, 6) is 3.18. The normalized spacial score (nSPS) is 9.33. The van der Waals surface area contributed by atoms with Gasteiger partial charge in [0.2, 0.25) is 0 Å². The molecule has 1 heterocycles. The third-order valence-corrected chi connectivity index (χ3v) is 2.06. The largest absolute Gasteiger partial charge is 0.396 e. The number of pyridine rings is 1. The van der Waals surface area contributed by atoms with Gasteiger partial charge in [-0.1, -0.05) is 6.82 Å². The van der Waals surface area contributed by atoms with Gasteiger partial charge in [0, 0.05) is 12.5 Å². The van der Waals surface area contributed by atoms with Crippen molar-refractivity contribution in [2.75, 3.05) is 23.3 Å². The number of hydrogen-bond acceptors (Lipinski definition) is 5. The maximum Gasteiger partial charge on any atom is 0.266 e. The van der Waals surface area contributed by atoms with Gasteiger partial charge in [-0.3, -0.25) is 0 Å². The molecule has 0 amide bonds. The van der Waals surface area contributed by atoms with Gasteiger partial charge >= 0.3 is 0 Å². The quantitative estimate of drug-likeness (QED) is 0.629. The summed E-state index contributed by atoms with van der Waals surface area (Å²) in [4.78, 5) is 4.05. The first-order valence-electron chi connectivity index (χ1n) is 4.79. The highest BCUT2D eigenvalue weighted by molar-refractivity contribution is 6.65. The van der Waals surface area contributed by atoms with Crippen molar-refractivity contribution >= 4 is 24.0 Å². The van der Waals surface area contributed by atoms with Gasteiger partial charge in [0.05, 0.1) is 5.69 Å². The number of rotatable bonds is 4. The molecule has 0 bridgehead atoms. The van der Waals surface area contributed by atoms with Gasteiger partial charge in [-0.25, -0.2) is 10.2 Å². The molecule has 1 rings (SSSR count). The van der Waals surface area contributed by atoms with E-state index < -0.39 is 0 Å². The van der Waals surface area contributed by atoms with Gasteiger partial charge in [0.1, 0.15) is 11.6 Å². The van der Waals surface area contributed by atoms with Crippen molar-refractivity contribution in [3.05, 3.63) is 12.1 Å². The molecule has 0 unspecified atom stereocenters. The molecular formula is C9H14BN5. The fraction of sp³-hybridized carbons (Fsp3) is 0.333. The van der Waals surface area contributed by atoms with Crippen molar-refractivity contribution in [2.45, 2.75) is 13.1 Å². The minimum absolute atomic E-state index is 0.0450. The maximum atomic E-state index is 8.58. The molecule has 0 saturated carbocycles. The number of nitrogen functional groups attached to an aromatic ring is 2. The van der Waals surface area contributed by atoms with Crippen LogP contribution < -0.4 is 16.8 Å². The van der Waals surface area contributed by atoms with Crippen LogP contribution in [0.25, 0.3) is 0 Å². The van der Waals surface area contributed by atoms with Crippen molar-refractivity contribution < 1.29 is 0 Å². The predicted molar refractivity (Wildman–Crippen MR) is 63.6 cm³/mol. The van der Waals surface area contributed by atoms with Crippen molar-refractivity contribution in [1.29, 1.82) is 5.26 Å². The second-order valence-electron chi connectivity index (χ2n) is 3.42. The molecule has 5 N–H and O–H groups in total. The van der Waals surface area contributed by atoms with E-state index >= 15 is 0 Å². The van der Waals surface area contributed by atoms with Gasteiger partial charge in [0.15, 0.2) is 0 Å². The lowest BCUT2D eigenvalue weighted by Crippen LogP contribution is -2.12. The number of hydrogen-bond donors (Lipinski definition) is 3. The highest BCUT2D eigenvalue weighted by atomic mass is 15.0. The third-order valence-electron chi connectivity index (χ3n) is 2.06. The maximum absolute atomic E-state index is 8.58. The number of anilines is 3. The number of aromatic nitrogens is 1. The van der Waals surface area contributed by atoms with E-state index in [2.05, 4.69) is 16.3 Å². The summed E-state index contributed by atoms with van der Waals surface area (Å²) in [7, 11) is 0. The van der Waals surface area contributed by atoms with E-state index in [4.69, 9.17) is 16.7 Å². The van der Waals surface area contributed by atoms with Gasteiger partial charge in [-0.05, 0) is 18.5 Å². The fourth-order valence-electron chi connectivity index (χ4n) is 1.07. The van der Waals surface area contributed by atoms with Crippen LogP contribution in [0.1, 0.15) is 0 Å². The third kappa shape index (κ3) is 3.39. The Hall–Kier alpha value is -1.90. The van der Waals surface area contributed by atoms with Crippen LogP contribution in [0, 0.1) is 11.2 Å². The van der Waals surface area contributed by atoms with Gasteiger partial charge in [-0.15, -0.1) is 0 Å². The molecule has 15 heavy (non-hydrogen) atoms. The molecule has 0 aliphatic carbocycles. The molecule has 0 aliphatic heterocycles. The molecule has 0 aliphatic rings. The van der Waals surface area contributed by atoms with Crippen molar-refractivity contribution in [3.8, 4) is 5.97 Å². The minimum atomic E-state index is 0.0450. The SMILES string of the molecule is CB(C#N)CCNc1ccc(N)c(N)n1. The Kier molecular flexibility index (Phi) is 3.80. The van der Waals surface area contributed by atoms with Crippen molar-refractivity contribution in [3.63, 3.8) is 0 Å². The summed E-state index contributed by atoms with van der Waals surface area (Å²) in [6.45, 7) is 2.63. The van der Waals surface area contributed by atoms with Crippen LogP contribution in [0.4, 0.5) is 17.3 Å². The van der Waals surface area contributed by atoms with Crippen LogP contribution in [0.5, 0.6) is 0 Å². The summed E-state index contributed by atoms with van der Waals surface area (Å²) >= 11 is 0. The average Bonchev–Trinajstić information content (AvgIpc) is 2.23. The van der Waals surface area contributed by atoms with Crippen molar-refractivity contribution in [1.82, 2.24) is 4.98 Å². The Bertz CT molecular complexity index is 373. The van der Waals surface area contributed by atoms with Crippen LogP contribution in [0.3, 0.4) is 0 Å². The smallest absolute Gasteiger partial charge is 0.266 e. The van der Waals surface area contributed by atoms with Gasteiger partial charge < -0.3 is 16.8 Å². The second-order valence-corrected chi connectivity index (χ2v) is 3.42. The molecule has 1 aromatic heterocycles. The van der Waals surface area contributed by atoms with Crippen LogP contribution in [-0.4, -0.2) is 18.2 Å². The fourth-order valence-corrected chi connectivity index (χ4v) is 1.07. The number of nitrogens with one attached hydrogen (secondary N) is 1. The molecule has 5 nitrogen and oxygen atoms in total. The second kappa shape index (κ2) is 5.10. The highest BCUT2D eigenvalue weighted by Crippen LogP contribution is 2.14. The zero-order chi connectivity index (χ0) is 11.3. The summed E-state index contributed by atoms with van der Waals surface area (Å²) in [5.41, 5.74) is 11.6. The summed E-state index contributed by atoms with van der Waals surface area (Å²) < 4.78 is 0. The standard InChI is InChI=1S/C9H14BN5/c1-10(6-11)4-5-14-8-3-2-7(12)9(13)15-8/h2-3H,4-5,12H2,1H3,(H3,13,14,15). The monoisotopic (exact) mass is 203 g/mol. The molecule has 0 atom stereocenters. The Balaban J connectivity index is 2.45. The lowest BCUT2D eigenvalue weighted by molar-refractivity contribution is 1.15. The van der Waals surface area contributed by atoms with E-state index in [1.54, 1.807) is 12.1 Å². The summed E-state index contributed by atoms with van der Waals surface area (Å²) in [5, 5.41) is 11.7. The average molecular weight is 203 g/mol. The van der Waals surface area contributed by atoms with Gasteiger partial charge in [0.25, 0.3) is 6.71 Å². The summed E-state index contributed by atoms with van der Waals surface area (Å²) in [6, 6.07) is 3.47. The lowest BCUT2D eigenvalue weighted by atomic mass is 9.51. The van der Waals surface area contributed by atoms with E-state index in [0.717, 1.165) is 6.32 Å². The molecule has 0 fully saturated rings. The molecule has 0 radical (unpaired) electrons. The first kappa shape index (κ1) is 11.2. The van der Waals surface area contributed by atoms with Crippen LogP contribution in [-0.2, 0) is 0 Å². The number of nitrogens with zero attached hydrogens (tertiary/aromatic N) is 2. The Morgan fingerprint density at radius 3 is 2.87 bits per heavy atom. The molecule has 0 spiro atoms. The number of nitriles is 1. The summed E-state index contributed by atoms with van der Waals surface area (Å²) in [6.07, 6.45) is 0.780. The topological polar surface area (TPSA) is 101 Å². The zero-order valence-corrected chi connectivity index (χ0v) is 8.70. The van der Waals surface area contributed by atoms with Crippen LogP contribution in [0.15, 0.2) is 12.1 Å². The van der Waals surface area contributed by atoms with Crippen LogP contribution in [0.2, 0.25) is 13.1 Å². The Labute approximate surface area is 89.6 Å². The van der Waals surface area contributed by atoms with E-state index in [0.29, 0.717) is 23.9 Å². The van der Waals surface area contributed by atoms with E-state index in [9.17, 15) is 0 Å². The predicted octanol–water partition coefficient (Wildman–Crippen LogP) is 0.845. The van der Waals surface area contributed by atoms with E-state index in [-0.39, 0.29) is 6.71 Å². The Morgan fingerprint density at radius 1 is 1.53 bits per heavy atom. The van der Waals surface area contributed by atoms with E-state index in [1.165, 1.54) is 0 Å². The molecular weight excluding hydrogens is 189 g/mol. The van der Waals surface area contributed by atoms with Crippen LogP contribution >= 0.6 is 0 Å². The Morgan fingerprint density at radius 2 is 2.27 bits per heavy atom. The van der Waals surface area contributed by atoms with E-state index in [1.807, 2.05) is 6.82 Å². The first-order chi connectivity index (χ1) is 7.13. The lowest BCUT2D eigenvalue weighted by Gasteiger charge is -2.06. The minimum Gasteiger partial charge on any atom is -0.396 e. The van der Waals surface area contributed by atoms with Crippen molar-refractivity contribution in [2.24, 2.45) is 0 Å². The molecule has 0 saturated heterocycles. The molecule has 78 valence electrons. The number of nitrogens with two attached hydrogens (primary N) is 2. The molecule has 6 heteroatoms. The molecule has 1 aromatic rings. The molecule has 0 aromatic carbocycles. The highest BCUT2D eigenvalue weighted by Gasteiger charge is 2.05. The van der Waals surface area contributed by atoms with Gasteiger partial charge in [-0.2, -0.15) is 0 Å². The zero-order valence-electron chi connectivity index (χ0n) is 8.70. The first-order valence-corrected chi connectivity index (χ1v) is 4.79.